The first kappa shape index (κ1) is 13.8. The van der Waals surface area contributed by atoms with Crippen molar-refractivity contribution >= 4 is 5.91 Å². The molecule has 0 aliphatic heterocycles. The number of halogens is 3. The lowest BCUT2D eigenvalue weighted by atomic mass is 10.2. The van der Waals surface area contributed by atoms with Crippen molar-refractivity contribution in [3.05, 3.63) is 30.2 Å². The molecule has 1 heterocycles. The average molecular weight is 288 g/mol. The smallest absolute Gasteiger partial charge is 0.406 e. The number of nitrogens with zero attached hydrogens (tertiary/aromatic N) is 2. The van der Waals surface area contributed by atoms with Crippen LogP contribution in [-0.2, 0) is 0 Å². The maximum Gasteiger partial charge on any atom is 0.573 e. The number of alkyl halides is 3. The van der Waals surface area contributed by atoms with E-state index in [1.807, 2.05) is 0 Å². The molecular weight excluding hydrogens is 281 g/mol. The van der Waals surface area contributed by atoms with E-state index in [9.17, 15) is 18.0 Å². The molecule has 0 aliphatic rings. The highest BCUT2D eigenvalue weighted by Crippen LogP contribution is 2.25. The van der Waals surface area contributed by atoms with E-state index in [2.05, 4.69) is 19.4 Å². The summed E-state index contributed by atoms with van der Waals surface area (Å²) in [4.78, 5) is 14.8. The van der Waals surface area contributed by atoms with Gasteiger partial charge in [-0.15, -0.1) is 13.2 Å². The zero-order valence-corrected chi connectivity index (χ0v) is 9.64. The van der Waals surface area contributed by atoms with Crippen LogP contribution in [0, 0.1) is 0 Å². The standard InChI is InChI=1S/C10H7F3N4O3/c11-10(12,13)19-6-3-1-5(2-4-6)7-15-9(20-17-7)8(18)16-14/h1-4H,14H2,(H,16,18). The van der Waals surface area contributed by atoms with Crippen LogP contribution in [0.15, 0.2) is 28.8 Å². The topological polar surface area (TPSA) is 103 Å². The first-order valence-electron chi connectivity index (χ1n) is 5.10. The lowest BCUT2D eigenvalue weighted by molar-refractivity contribution is -0.274. The van der Waals surface area contributed by atoms with Crippen molar-refractivity contribution < 1.29 is 27.2 Å². The van der Waals surface area contributed by atoms with Crippen molar-refractivity contribution in [2.24, 2.45) is 5.84 Å². The van der Waals surface area contributed by atoms with Gasteiger partial charge in [0, 0.05) is 5.56 Å². The van der Waals surface area contributed by atoms with Crippen LogP contribution in [0.4, 0.5) is 13.2 Å². The number of hydrogen-bond acceptors (Lipinski definition) is 6. The zero-order chi connectivity index (χ0) is 14.8. The molecule has 3 N–H and O–H groups in total. The minimum Gasteiger partial charge on any atom is -0.406 e. The number of rotatable bonds is 3. The number of carbonyl (C=O) groups excluding carboxylic acids is 1. The van der Waals surface area contributed by atoms with Gasteiger partial charge in [0.15, 0.2) is 0 Å². The number of nitrogen functional groups attached to an aromatic ring is 1. The summed E-state index contributed by atoms with van der Waals surface area (Å²) in [6, 6.07) is 4.75. The summed E-state index contributed by atoms with van der Waals surface area (Å²) in [6.45, 7) is 0. The third-order valence-corrected chi connectivity index (χ3v) is 2.10. The number of aromatic nitrogens is 2. The van der Waals surface area contributed by atoms with E-state index in [4.69, 9.17) is 5.84 Å². The Kier molecular flexibility index (Phi) is 3.57. The van der Waals surface area contributed by atoms with Gasteiger partial charge in [0.25, 0.3) is 0 Å². The number of nitrogens with two attached hydrogens (primary N) is 1. The maximum atomic E-state index is 12.0. The van der Waals surface area contributed by atoms with E-state index in [-0.39, 0.29) is 17.5 Å². The molecule has 0 atom stereocenters. The Morgan fingerprint density at radius 1 is 1.30 bits per heavy atom. The van der Waals surface area contributed by atoms with Crippen molar-refractivity contribution in [1.82, 2.24) is 15.6 Å². The second-order valence-corrected chi connectivity index (χ2v) is 3.47. The lowest BCUT2D eigenvalue weighted by Crippen LogP contribution is -2.30. The summed E-state index contributed by atoms with van der Waals surface area (Å²) < 4.78 is 44.3. The van der Waals surface area contributed by atoms with Crippen molar-refractivity contribution in [1.29, 1.82) is 0 Å². The Bertz CT molecular complexity index is 609. The zero-order valence-electron chi connectivity index (χ0n) is 9.64. The number of amides is 1. The number of nitrogens with one attached hydrogen (secondary N) is 1. The molecule has 20 heavy (non-hydrogen) atoms. The van der Waals surface area contributed by atoms with Gasteiger partial charge in [-0.1, -0.05) is 5.16 Å². The Hall–Kier alpha value is -2.62. The molecule has 1 aromatic heterocycles. The second kappa shape index (κ2) is 5.17. The first-order valence-corrected chi connectivity index (χ1v) is 5.10. The fourth-order valence-electron chi connectivity index (χ4n) is 1.30. The average Bonchev–Trinajstić information content (AvgIpc) is 2.86. The Morgan fingerprint density at radius 2 is 1.95 bits per heavy atom. The molecule has 0 spiro atoms. The van der Waals surface area contributed by atoms with Gasteiger partial charge in [-0.25, -0.2) is 5.84 Å². The van der Waals surface area contributed by atoms with Crippen LogP contribution in [-0.4, -0.2) is 22.4 Å². The molecule has 2 aromatic rings. The van der Waals surface area contributed by atoms with Gasteiger partial charge >= 0.3 is 18.2 Å². The highest BCUT2D eigenvalue weighted by Gasteiger charge is 2.31. The van der Waals surface area contributed by atoms with Crippen molar-refractivity contribution in [3.63, 3.8) is 0 Å². The molecule has 0 radical (unpaired) electrons. The number of carbonyl (C=O) groups is 1. The Balaban J connectivity index is 2.18. The van der Waals surface area contributed by atoms with E-state index in [0.29, 0.717) is 5.56 Å². The molecule has 2 rings (SSSR count). The molecule has 10 heteroatoms. The summed E-state index contributed by atoms with van der Waals surface area (Å²) in [5.41, 5.74) is 2.15. The van der Waals surface area contributed by atoms with Crippen LogP contribution in [0.25, 0.3) is 11.4 Å². The van der Waals surface area contributed by atoms with Gasteiger partial charge in [0.2, 0.25) is 5.82 Å². The van der Waals surface area contributed by atoms with Gasteiger partial charge in [0.1, 0.15) is 5.75 Å². The van der Waals surface area contributed by atoms with Gasteiger partial charge in [-0.2, -0.15) is 4.98 Å². The largest absolute Gasteiger partial charge is 0.573 e. The quantitative estimate of drug-likeness (QED) is 0.500. The lowest BCUT2D eigenvalue weighted by Gasteiger charge is -2.08. The Morgan fingerprint density at radius 3 is 2.50 bits per heavy atom. The second-order valence-electron chi connectivity index (χ2n) is 3.47. The van der Waals surface area contributed by atoms with E-state index >= 15 is 0 Å². The highest BCUT2D eigenvalue weighted by atomic mass is 19.4. The third-order valence-electron chi connectivity index (χ3n) is 2.10. The normalized spacial score (nSPS) is 11.2. The van der Waals surface area contributed by atoms with Crippen LogP contribution in [0.5, 0.6) is 5.75 Å². The molecule has 0 fully saturated rings. The summed E-state index contributed by atoms with van der Waals surface area (Å²) in [5.74, 6) is 3.39. The molecule has 0 bridgehead atoms. The summed E-state index contributed by atoms with van der Waals surface area (Å²) in [5, 5.41) is 3.49. The summed E-state index contributed by atoms with van der Waals surface area (Å²) in [7, 11) is 0. The van der Waals surface area contributed by atoms with Crippen LogP contribution in [0.2, 0.25) is 0 Å². The fourth-order valence-corrected chi connectivity index (χ4v) is 1.30. The first-order chi connectivity index (χ1) is 9.39. The number of ether oxygens (including phenoxy) is 1. The molecule has 1 amide bonds. The van der Waals surface area contributed by atoms with Crippen molar-refractivity contribution in [2.45, 2.75) is 6.36 Å². The molecule has 0 unspecified atom stereocenters. The summed E-state index contributed by atoms with van der Waals surface area (Å²) in [6.07, 6.45) is -4.76. The van der Waals surface area contributed by atoms with E-state index in [0.717, 1.165) is 12.1 Å². The SMILES string of the molecule is NNC(=O)c1nc(-c2ccc(OC(F)(F)F)cc2)no1. The molecule has 106 valence electrons. The van der Waals surface area contributed by atoms with E-state index in [1.54, 1.807) is 5.43 Å². The number of benzene rings is 1. The molecule has 0 saturated heterocycles. The minimum atomic E-state index is -4.76. The molecule has 7 nitrogen and oxygen atoms in total. The van der Waals surface area contributed by atoms with Gasteiger partial charge in [-0.3, -0.25) is 10.2 Å². The Labute approximate surface area is 109 Å². The number of hydrazine groups is 1. The van der Waals surface area contributed by atoms with Crippen molar-refractivity contribution in [3.8, 4) is 17.1 Å². The summed E-state index contributed by atoms with van der Waals surface area (Å²) >= 11 is 0. The highest BCUT2D eigenvalue weighted by molar-refractivity contribution is 5.89. The monoisotopic (exact) mass is 288 g/mol. The molecule has 0 saturated carbocycles. The third kappa shape index (κ3) is 3.23. The van der Waals surface area contributed by atoms with Crippen molar-refractivity contribution in [2.75, 3.05) is 0 Å². The van der Waals surface area contributed by atoms with Crippen LogP contribution < -0.4 is 16.0 Å². The molecule has 0 aliphatic carbocycles. The van der Waals surface area contributed by atoms with Crippen LogP contribution >= 0.6 is 0 Å². The van der Waals surface area contributed by atoms with Gasteiger partial charge < -0.3 is 9.26 Å². The van der Waals surface area contributed by atoms with Crippen LogP contribution in [0.3, 0.4) is 0 Å². The van der Waals surface area contributed by atoms with Gasteiger partial charge in [0.05, 0.1) is 0 Å². The van der Waals surface area contributed by atoms with E-state index < -0.39 is 12.3 Å². The predicted octanol–water partition coefficient (Wildman–Crippen LogP) is 1.24. The number of hydrogen-bond donors (Lipinski definition) is 2. The van der Waals surface area contributed by atoms with Crippen LogP contribution in [0.1, 0.15) is 10.7 Å². The molecular formula is C10H7F3N4O3. The van der Waals surface area contributed by atoms with Gasteiger partial charge in [-0.05, 0) is 24.3 Å². The predicted molar refractivity (Wildman–Crippen MR) is 58.1 cm³/mol. The maximum absolute atomic E-state index is 12.0. The van der Waals surface area contributed by atoms with E-state index in [1.165, 1.54) is 12.1 Å². The fraction of sp³-hybridized carbons (Fsp3) is 0.100. The minimum absolute atomic E-state index is 0.0298. The molecule has 1 aromatic carbocycles.